The molecular formula is C24H28FN5O3. The lowest BCUT2D eigenvalue weighted by molar-refractivity contribution is -0.119. The molecule has 0 bridgehead atoms. The molecule has 2 aromatic carbocycles. The third-order valence-electron chi connectivity index (χ3n) is 5.27. The van der Waals surface area contributed by atoms with E-state index >= 15 is 0 Å². The van der Waals surface area contributed by atoms with Crippen LogP contribution in [0.3, 0.4) is 0 Å². The van der Waals surface area contributed by atoms with E-state index in [0.717, 1.165) is 5.56 Å². The van der Waals surface area contributed by atoms with Crippen LogP contribution in [0.5, 0.6) is 0 Å². The molecular weight excluding hydrogens is 425 g/mol. The second-order valence-electron chi connectivity index (χ2n) is 7.85. The van der Waals surface area contributed by atoms with Crippen molar-refractivity contribution in [2.75, 3.05) is 23.7 Å². The van der Waals surface area contributed by atoms with E-state index in [1.54, 1.807) is 24.0 Å². The first-order valence-electron chi connectivity index (χ1n) is 10.7. The molecule has 0 aliphatic rings. The zero-order valence-electron chi connectivity index (χ0n) is 18.7. The highest BCUT2D eigenvalue weighted by Gasteiger charge is 2.21. The molecule has 33 heavy (non-hydrogen) atoms. The Bertz CT molecular complexity index is 1240. The Labute approximate surface area is 190 Å². The summed E-state index contributed by atoms with van der Waals surface area (Å²) in [6.45, 7) is 4.14. The number of aromatic amines is 1. The number of hydrogen-bond donors (Lipinski definition) is 3. The van der Waals surface area contributed by atoms with Gasteiger partial charge in [-0.2, -0.15) is 0 Å². The van der Waals surface area contributed by atoms with Crippen LogP contribution in [0.1, 0.15) is 30.0 Å². The quantitative estimate of drug-likeness (QED) is 0.460. The van der Waals surface area contributed by atoms with Gasteiger partial charge in [0.15, 0.2) is 0 Å². The highest BCUT2D eigenvalue weighted by molar-refractivity contribution is 5.82. The van der Waals surface area contributed by atoms with E-state index in [0.29, 0.717) is 24.1 Å². The van der Waals surface area contributed by atoms with Crippen LogP contribution in [0.25, 0.3) is 0 Å². The minimum absolute atomic E-state index is 0.00513. The molecule has 3 rings (SSSR count). The average Bonchev–Trinajstić information content (AvgIpc) is 2.78. The zero-order chi connectivity index (χ0) is 24.0. The summed E-state index contributed by atoms with van der Waals surface area (Å²) in [5, 5.41) is 2.74. The maximum Gasteiger partial charge on any atom is 0.330 e. The number of nitrogens with zero attached hydrogens (tertiary/aromatic N) is 2. The highest BCUT2D eigenvalue weighted by Crippen LogP contribution is 2.18. The summed E-state index contributed by atoms with van der Waals surface area (Å²) in [4.78, 5) is 41.6. The molecule has 0 unspecified atom stereocenters. The van der Waals surface area contributed by atoms with Crippen molar-refractivity contribution < 1.29 is 9.18 Å². The topological polar surface area (TPSA) is 113 Å². The number of benzene rings is 2. The Morgan fingerprint density at radius 2 is 1.88 bits per heavy atom. The molecule has 1 aromatic heterocycles. The van der Waals surface area contributed by atoms with Crippen LogP contribution < -0.4 is 27.2 Å². The minimum atomic E-state index is -0.649. The van der Waals surface area contributed by atoms with Crippen LogP contribution in [0.15, 0.2) is 58.1 Å². The van der Waals surface area contributed by atoms with Crippen LogP contribution in [0, 0.1) is 12.7 Å². The van der Waals surface area contributed by atoms with Crippen LogP contribution in [0.4, 0.5) is 15.9 Å². The van der Waals surface area contributed by atoms with Gasteiger partial charge in [0, 0.05) is 13.1 Å². The van der Waals surface area contributed by atoms with Gasteiger partial charge >= 0.3 is 5.69 Å². The lowest BCUT2D eigenvalue weighted by Crippen LogP contribution is -2.43. The van der Waals surface area contributed by atoms with E-state index in [4.69, 9.17) is 5.73 Å². The first kappa shape index (κ1) is 23.8. The predicted molar refractivity (Wildman–Crippen MR) is 127 cm³/mol. The number of halogens is 1. The number of amides is 1. The van der Waals surface area contributed by atoms with Crippen molar-refractivity contribution in [2.24, 2.45) is 0 Å². The third kappa shape index (κ3) is 5.88. The van der Waals surface area contributed by atoms with Gasteiger partial charge in [-0.05, 0) is 36.1 Å². The number of nitrogens with two attached hydrogens (primary N) is 1. The van der Waals surface area contributed by atoms with E-state index < -0.39 is 11.2 Å². The number of H-pyrrole nitrogens is 1. The fourth-order valence-corrected chi connectivity index (χ4v) is 3.52. The predicted octanol–water partition coefficient (Wildman–Crippen LogP) is 2.15. The number of carbonyl (C=O) groups is 1. The van der Waals surface area contributed by atoms with Crippen LogP contribution in [-0.4, -0.2) is 28.5 Å². The zero-order valence-corrected chi connectivity index (χ0v) is 18.7. The Hall–Kier alpha value is -3.88. The summed E-state index contributed by atoms with van der Waals surface area (Å²) in [5.41, 5.74) is 7.07. The summed E-state index contributed by atoms with van der Waals surface area (Å²) < 4.78 is 15.0. The van der Waals surface area contributed by atoms with Gasteiger partial charge in [-0.15, -0.1) is 0 Å². The van der Waals surface area contributed by atoms with E-state index in [9.17, 15) is 18.8 Å². The molecule has 8 nitrogen and oxygen atoms in total. The van der Waals surface area contributed by atoms with Gasteiger partial charge in [0.25, 0.3) is 5.56 Å². The second-order valence-corrected chi connectivity index (χ2v) is 7.85. The SMILES string of the molecule is CCCN(CC(=O)NCc1ccc(C)c(F)c1)c1c(N)n(Cc2ccccc2)c(=O)[nH]c1=O. The van der Waals surface area contributed by atoms with Gasteiger partial charge in [0.05, 0.1) is 13.1 Å². The van der Waals surface area contributed by atoms with Gasteiger partial charge < -0.3 is 16.0 Å². The molecule has 0 spiro atoms. The number of carbonyl (C=O) groups excluding carboxylic acids is 1. The Kier molecular flexibility index (Phi) is 7.66. The van der Waals surface area contributed by atoms with Crippen molar-refractivity contribution in [3.05, 3.63) is 91.9 Å². The summed E-state index contributed by atoms with van der Waals surface area (Å²) in [7, 11) is 0. The van der Waals surface area contributed by atoms with Crippen LogP contribution >= 0.6 is 0 Å². The largest absolute Gasteiger partial charge is 0.383 e. The Morgan fingerprint density at radius 3 is 2.55 bits per heavy atom. The molecule has 0 aliphatic carbocycles. The normalized spacial score (nSPS) is 10.8. The maximum absolute atomic E-state index is 13.8. The van der Waals surface area contributed by atoms with Crippen molar-refractivity contribution in [2.45, 2.75) is 33.4 Å². The Morgan fingerprint density at radius 1 is 1.15 bits per heavy atom. The van der Waals surface area contributed by atoms with Gasteiger partial charge in [-0.3, -0.25) is 19.1 Å². The molecule has 1 amide bonds. The fraction of sp³-hybridized carbons (Fsp3) is 0.292. The summed E-state index contributed by atoms with van der Waals surface area (Å²) >= 11 is 0. The molecule has 0 fully saturated rings. The number of rotatable bonds is 9. The van der Waals surface area contributed by atoms with Crippen molar-refractivity contribution in [1.29, 1.82) is 0 Å². The van der Waals surface area contributed by atoms with Crippen molar-refractivity contribution in [3.63, 3.8) is 0 Å². The van der Waals surface area contributed by atoms with E-state index in [-0.39, 0.29) is 42.9 Å². The van der Waals surface area contributed by atoms with Gasteiger partial charge in [-0.1, -0.05) is 49.4 Å². The highest BCUT2D eigenvalue weighted by atomic mass is 19.1. The monoisotopic (exact) mass is 453 g/mol. The summed E-state index contributed by atoms with van der Waals surface area (Å²) in [6.07, 6.45) is 0.646. The smallest absolute Gasteiger partial charge is 0.330 e. The summed E-state index contributed by atoms with van der Waals surface area (Å²) in [5.74, 6) is -0.701. The van der Waals surface area contributed by atoms with Crippen molar-refractivity contribution >= 4 is 17.4 Å². The second kappa shape index (κ2) is 10.6. The lowest BCUT2D eigenvalue weighted by Gasteiger charge is -2.25. The number of nitrogen functional groups attached to an aromatic ring is 1. The van der Waals surface area contributed by atoms with Gasteiger partial charge in [-0.25, -0.2) is 9.18 Å². The van der Waals surface area contributed by atoms with E-state index in [1.165, 1.54) is 10.6 Å². The number of hydrogen-bond acceptors (Lipinski definition) is 5. The molecule has 0 saturated heterocycles. The molecule has 9 heteroatoms. The minimum Gasteiger partial charge on any atom is -0.383 e. The number of anilines is 2. The Balaban J connectivity index is 1.82. The van der Waals surface area contributed by atoms with Gasteiger partial charge in [0.2, 0.25) is 5.91 Å². The maximum atomic E-state index is 13.8. The third-order valence-corrected chi connectivity index (χ3v) is 5.27. The molecule has 3 aromatic rings. The van der Waals surface area contributed by atoms with Crippen LogP contribution in [0.2, 0.25) is 0 Å². The number of aryl methyl sites for hydroxylation is 1. The van der Waals surface area contributed by atoms with Crippen molar-refractivity contribution in [3.8, 4) is 0 Å². The molecule has 174 valence electrons. The first-order chi connectivity index (χ1) is 15.8. The van der Waals surface area contributed by atoms with E-state index in [2.05, 4.69) is 10.3 Å². The van der Waals surface area contributed by atoms with Gasteiger partial charge in [0.1, 0.15) is 17.3 Å². The first-order valence-corrected chi connectivity index (χ1v) is 10.7. The van der Waals surface area contributed by atoms with Crippen molar-refractivity contribution in [1.82, 2.24) is 14.9 Å². The average molecular weight is 454 g/mol. The standard InChI is InChI=1S/C24H28FN5O3/c1-3-11-29(15-20(31)27-13-18-10-9-16(2)19(25)12-18)21-22(26)30(24(33)28-23(21)32)14-17-7-5-4-6-8-17/h4-10,12H,3,11,13-15,26H2,1-2H3,(H,27,31)(H,28,32,33). The molecule has 0 aliphatic heterocycles. The molecule has 0 radical (unpaired) electrons. The van der Waals surface area contributed by atoms with E-state index in [1.807, 2.05) is 37.3 Å². The molecule has 1 heterocycles. The molecule has 0 atom stereocenters. The van der Waals surface area contributed by atoms with Crippen LogP contribution in [-0.2, 0) is 17.9 Å². The molecule has 4 N–H and O–H groups in total. The fourth-order valence-electron chi connectivity index (χ4n) is 3.52. The summed E-state index contributed by atoms with van der Waals surface area (Å²) in [6, 6.07) is 14.0. The number of nitrogens with one attached hydrogen (secondary N) is 2. The lowest BCUT2D eigenvalue weighted by atomic mass is 10.1. The molecule has 0 saturated carbocycles. The number of aromatic nitrogens is 2.